The molecule has 2 aromatic rings. The lowest BCUT2D eigenvalue weighted by Gasteiger charge is -2.41. The molecular weight excluding hydrogens is 587 g/mol. The van der Waals surface area contributed by atoms with Gasteiger partial charge in [0.15, 0.2) is 8.32 Å². The number of anilines is 1. The van der Waals surface area contributed by atoms with Gasteiger partial charge in [-0.2, -0.15) is 0 Å². The van der Waals surface area contributed by atoms with E-state index in [1.54, 1.807) is 25.1 Å². The summed E-state index contributed by atoms with van der Waals surface area (Å²) in [5.74, 6) is -5.48. The molecule has 0 radical (unpaired) electrons. The number of alkyl halides is 2. The molecular formula is C30H37ClF3N3O4Si. The Balaban J connectivity index is 1.75. The van der Waals surface area contributed by atoms with E-state index in [1.807, 2.05) is 33.9 Å². The first-order valence-electron chi connectivity index (χ1n) is 13.9. The third kappa shape index (κ3) is 6.52. The van der Waals surface area contributed by atoms with Crippen LogP contribution < -0.4 is 15.5 Å². The largest absolute Gasteiger partial charge is 0.403 e. The van der Waals surface area contributed by atoms with Crippen LogP contribution in [0.3, 0.4) is 0 Å². The molecule has 0 spiro atoms. The van der Waals surface area contributed by atoms with E-state index in [0.717, 1.165) is 11.0 Å². The predicted octanol–water partition coefficient (Wildman–Crippen LogP) is 6.14. The Kier molecular flexibility index (Phi) is 8.63. The molecule has 3 atom stereocenters. The van der Waals surface area contributed by atoms with Crippen molar-refractivity contribution in [2.45, 2.75) is 94.7 Å². The molecule has 2 fully saturated rings. The van der Waals surface area contributed by atoms with Crippen molar-refractivity contribution in [3.63, 3.8) is 0 Å². The van der Waals surface area contributed by atoms with Gasteiger partial charge >= 0.3 is 0 Å². The highest BCUT2D eigenvalue weighted by molar-refractivity contribution is 6.74. The van der Waals surface area contributed by atoms with Gasteiger partial charge in [-0.05, 0) is 49.3 Å². The fourth-order valence-electron chi connectivity index (χ4n) is 5.13. The van der Waals surface area contributed by atoms with Gasteiger partial charge in [0.05, 0.1) is 0 Å². The Bertz CT molecular complexity index is 1380. The molecule has 3 amide bonds. The predicted molar refractivity (Wildman–Crippen MR) is 157 cm³/mol. The Hall–Kier alpha value is -2.89. The highest BCUT2D eigenvalue weighted by atomic mass is 35.5. The Morgan fingerprint density at radius 1 is 1.12 bits per heavy atom. The number of amides is 3. The summed E-state index contributed by atoms with van der Waals surface area (Å²) in [5.41, 5.74) is -1.08. The zero-order chi connectivity index (χ0) is 31.3. The molecule has 2 aliphatic rings. The maximum absolute atomic E-state index is 14.5. The van der Waals surface area contributed by atoms with Gasteiger partial charge in [-0.25, -0.2) is 13.2 Å². The van der Waals surface area contributed by atoms with E-state index < -0.39 is 74.3 Å². The minimum absolute atomic E-state index is 0.0330. The summed E-state index contributed by atoms with van der Waals surface area (Å²) in [6.07, 6.45) is -1.11. The maximum atomic E-state index is 14.5. The van der Waals surface area contributed by atoms with Crippen LogP contribution in [0, 0.1) is 5.82 Å². The lowest BCUT2D eigenvalue weighted by atomic mass is 9.87. The Labute approximate surface area is 250 Å². The minimum atomic E-state index is -2.89. The van der Waals surface area contributed by atoms with Gasteiger partial charge in [0.1, 0.15) is 23.5 Å². The smallest absolute Gasteiger partial charge is 0.252 e. The zero-order valence-corrected chi connectivity index (χ0v) is 26.3. The molecule has 2 aromatic carbocycles. The number of hydrogen-bond donors (Lipinski definition) is 2. The van der Waals surface area contributed by atoms with Crippen molar-refractivity contribution < 1.29 is 32.0 Å². The number of halogens is 4. The molecule has 4 rings (SSSR count). The van der Waals surface area contributed by atoms with Crippen molar-refractivity contribution in [2.24, 2.45) is 0 Å². The highest BCUT2D eigenvalue weighted by Gasteiger charge is 2.54. The highest BCUT2D eigenvalue weighted by Crippen LogP contribution is 2.43. The van der Waals surface area contributed by atoms with Crippen LogP contribution in [0.1, 0.15) is 58.6 Å². The summed E-state index contributed by atoms with van der Waals surface area (Å²) < 4.78 is 48.2. The molecule has 0 bridgehead atoms. The summed E-state index contributed by atoms with van der Waals surface area (Å²) in [4.78, 5) is 42.5. The minimum Gasteiger partial charge on any atom is -0.403 e. The van der Waals surface area contributed by atoms with Gasteiger partial charge in [0.25, 0.3) is 17.7 Å². The van der Waals surface area contributed by atoms with Gasteiger partial charge in [0.2, 0.25) is 5.91 Å². The van der Waals surface area contributed by atoms with E-state index >= 15 is 0 Å². The van der Waals surface area contributed by atoms with Gasteiger partial charge in [0, 0.05) is 41.6 Å². The van der Waals surface area contributed by atoms with Gasteiger partial charge < -0.3 is 15.1 Å². The van der Waals surface area contributed by atoms with E-state index in [4.69, 9.17) is 16.0 Å². The molecule has 7 nitrogen and oxygen atoms in total. The van der Waals surface area contributed by atoms with Crippen LogP contribution in [0.15, 0.2) is 48.5 Å². The number of rotatable bonds is 8. The first-order chi connectivity index (χ1) is 19.3. The van der Waals surface area contributed by atoms with Crippen LogP contribution in [0.5, 0.6) is 0 Å². The SMILES string of the molecule is CC1(O[Si](C)(C)C(C)(C)C)CC(C(=O)N(c2cccc(F)c2)C(C(=O)NC2CC(F)(F)C2)c2ccccc2Cl)NC1=O. The van der Waals surface area contributed by atoms with Crippen molar-refractivity contribution in [2.75, 3.05) is 4.90 Å². The van der Waals surface area contributed by atoms with E-state index in [9.17, 15) is 27.6 Å². The van der Waals surface area contributed by atoms with Crippen LogP contribution >= 0.6 is 11.6 Å². The van der Waals surface area contributed by atoms with E-state index in [-0.39, 0.29) is 27.7 Å². The van der Waals surface area contributed by atoms with Gasteiger partial charge in [-0.3, -0.25) is 19.3 Å². The molecule has 1 saturated carbocycles. The average Bonchev–Trinajstić information content (AvgIpc) is 3.14. The number of benzene rings is 2. The van der Waals surface area contributed by atoms with Crippen LogP contribution in [0.4, 0.5) is 18.9 Å². The van der Waals surface area contributed by atoms with Crippen molar-refractivity contribution in [3.05, 3.63) is 64.9 Å². The van der Waals surface area contributed by atoms with Crippen molar-refractivity contribution >= 4 is 43.3 Å². The van der Waals surface area contributed by atoms with Crippen LogP contribution in [-0.2, 0) is 18.8 Å². The molecule has 2 N–H and O–H groups in total. The summed E-state index contributed by atoms with van der Waals surface area (Å²) >= 11 is 6.51. The summed E-state index contributed by atoms with van der Waals surface area (Å²) in [7, 11) is -2.45. The second-order valence-corrected chi connectivity index (χ2v) is 18.0. The summed E-state index contributed by atoms with van der Waals surface area (Å²) in [6, 6.07) is 8.07. The summed E-state index contributed by atoms with van der Waals surface area (Å²) in [5, 5.41) is 5.27. The topological polar surface area (TPSA) is 87.7 Å². The van der Waals surface area contributed by atoms with Crippen molar-refractivity contribution in [3.8, 4) is 0 Å². The number of nitrogens with one attached hydrogen (secondary N) is 2. The van der Waals surface area contributed by atoms with Crippen molar-refractivity contribution in [1.82, 2.24) is 10.6 Å². The number of hydrogen-bond acceptors (Lipinski definition) is 4. The fraction of sp³-hybridized carbons (Fsp3) is 0.500. The summed E-state index contributed by atoms with van der Waals surface area (Å²) in [6.45, 7) is 11.7. The molecule has 1 aliphatic carbocycles. The Morgan fingerprint density at radius 3 is 2.33 bits per heavy atom. The van der Waals surface area contributed by atoms with Crippen LogP contribution in [0.2, 0.25) is 23.2 Å². The van der Waals surface area contributed by atoms with Crippen molar-refractivity contribution in [1.29, 1.82) is 0 Å². The Morgan fingerprint density at radius 2 is 1.76 bits per heavy atom. The van der Waals surface area contributed by atoms with Gasteiger partial charge in [-0.15, -0.1) is 0 Å². The lowest BCUT2D eigenvalue weighted by Crippen LogP contribution is -2.55. The van der Waals surface area contributed by atoms with E-state index in [1.165, 1.54) is 24.3 Å². The van der Waals surface area contributed by atoms with E-state index in [0.29, 0.717) is 0 Å². The molecule has 1 heterocycles. The molecule has 228 valence electrons. The first-order valence-corrected chi connectivity index (χ1v) is 17.1. The van der Waals surface area contributed by atoms with Crippen LogP contribution in [-0.4, -0.2) is 49.6 Å². The molecule has 3 unspecified atom stereocenters. The number of nitrogens with zero attached hydrogens (tertiary/aromatic N) is 1. The molecule has 42 heavy (non-hydrogen) atoms. The number of carbonyl (C=O) groups excluding carboxylic acids is 3. The quantitative estimate of drug-likeness (QED) is 0.346. The standard InChI is InChI=1S/C30H37ClF3N3O4Si/c1-28(2,3)42(5,6)41-29(4)17-23(36-27(29)40)26(39)37(20-11-9-10-18(32)14-20)24(21-12-7-8-13-22(21)31)25(38)35-19-15-30(33,34)16-19/h7-14,19,23-24H,15-17H2,1-6H3,(H,35,38)(H,36,40). The molecule has 0 aromatic heterocycles. The van der Waals surface area contributed by atoms with Gasteiger partial charge in [-0.1, -0.05) is 56.6 Å². The molecule has 1 aliphatic heterocycles. The average molecular weight is 624 g/mol. The third-order valence-electron chi connectivity index (χ3n) is 8.43. The number of carbonyl (C=O) groups is 3. The van der Waals surface area contributed by atoms with Crippen LogP contribution in [0.25, 0.3) is 0 Å². The van der Waals surface area contributed by atoms with E-state index in [2.05, 4.69) is 10.6 Å². The third-order valence-corrected chi connectivity index (χ3v) is 13.3. The normalized spacial score (nSPS) is 23.1. The second-order valence-electron chi connectivity index (χ2n) is 12.9. The molecule has 1 saturated heterocycles. The maximum Gasteiger partial charge on any atom is 0.252 e. The first kappa shape index (κ1) is 32.0. The molecule has 12 heteroatoms. The zero-order valence-electron chi connectivity index (χ0n) is 24.6. The monoisotopic (exact) mass is 623 g/mol. The lowest BCUT2D eigenvalue weighted by molar-refractivity contribution is -0.133. The second kappa shape index (κ2) is 11.3. The fourth-order valence-corrected chi connectivity index (χ4v) is 6.98.